The van der Waals surface area contributed by atoms with Crippen LogP contribution in [0.1, 0.15) is 0 Å². The molecule has 0 unspecified atom stereocenters. The lowest BCUT2D eigenvalue weighted by molar-refractivity contribution is 0.262. The molecular weight excluding hydrogens is 334 g/mol. The number of amides is 2. The fourth-order valence-corrected chi connectivity index (χ4v) is 3.59. The molecule has 0 radical (unpaired) electrons. The highest BCUT2D eigenvalue weighted by Crippen LogP contribution is 2.32. The van der Waals surface area contributed by atoms with E-state index in [1.54, 1.807) is 19.2 Å². The molecular formula is C19H15N3O2S. The summed E-state index contributed by atoms with van der Waals surface area (Å²) < 4.78 is 6.27. The predicted octanol–water partition coefficient (Wildman–Crippen LogP) is 5.10. The number of hydrogen-bond acceptors (Lipinski definition) is 4. The Morgan fingerprint density at radius 2 is 1.80 bits per heavy atom. The van der Waals surface area contributed by atoms with Gasteiger partial charge in [0, 0.05) is 5.39 Å². The number of carbonyl (C=O) groups excluding carboxylic acids is 1. The van der Waals surface area contributed by atoms with Gasteiger partial charge in [0.1, 0.15) is 5.75 Å². The second-order valence-electron chi connectivity index (χ2n) is 5.43. The molecule has 2 N–H and O–H groups in total. The molecule has 0 saturated heterocycles. The van der Waals surface area contributed by atoms with E-state index in [1.165, 1.54) is 11.3 Å². The predicted molar refractivity (Wildman–Crippen MR) is 103 cm³/mol. The summed E-state index contributed by atoms with van der Waals surface area (Å²) in [5, 5.41) is 8.34. The molecule has 2 amide bonds. The zero-order valence-corrected chi connectivity index (χ0v) is 14.3. The van der Waals surface area contributed by atoms with Crippen molar-refractivity contribution in [1.82, 2.24) is 4.98 Å². The van der Waals surface area contributed by atoms with Crippen molar-refractivity contribution in [1.29, 1.82) is 0 Å². The number of nitrogens with one attached hydrogen (secondary N) is 2. The van der Waals surface area contributed by atoms with Gasteiger partial charge in [-0.3, -0.25) is 5.32 Å². The number of ether oxygens (including phenoxy) is 1. The quantitative estimate of drug-likeness (QED) is 0.541. The first-order valence-corrected chi connectivity index (χ1v) is 8.55. The smallest absolute Gasteiger partial charge is 0.325 e. The number of hydrogen-bond donors (Lipinski definition) is 2. The van der Waals surface area contributed by atoms with Gasteiger partial charge in [0.15, 0.2) is 5.13 Å². The molecule has 4 aromatic rings. The van der Waals surface area contributed by atoms with Crippen LogP contribution in [0.4, 0.5) is 15.6 Å². The van der Waals surface area contributed by atoms with Gasteiger partial charge >= 0.3 is 6.03 Å². The average Bonchev–Trinajstić information content (AvgIpc) is 3.05. The Hall–Kier alpha value is -3.12. The second kappa shape index (κ2) is 6.41. The van der Waals surface area contributed by atoms with E-state index in [2.05, 4.69) is 27.8 Å². The van der Waals surface area contributed by atoms with Crippen molar-refractivity contribution in [3.05, 3.63) is 60.7 Å². The SMILES string of the molecule is COc1ccccc1NC(=O)Nc1nc2c(ccc3ccccc32)s1. The van der Waals surface area contributed by atoms with Crippen LogP contribution in [0.3, 0.4) is 0 Å². The van der Waals surface area contributed by atoms with Crippen molar-refractivity contribution in [2.45, 2.75) is 0 Å². The van der Waals surface area contributed by atoms with Gasteiger partial charge < -0.3 is 10.1 Å². The summed E-state index contributed by atoms with van der Waals surface area (Å²) in [7, 11) is 1.57. The molecule has 0 bridgehead atoms. The van der Waals surface area contributed by atoms with Gasteiger partial charge in [0.05, 0.1) is 23.0 Å². The zero-order chi connectivity index (χ0) is 17.2. The van der Waals surface area contributed by atoms with Gasteiger partial charge in [-0.05, 0) is 23.6 Å². The summed E-state index contributed by atoms with van der Waals surface area (Å²) in [4.78, 5) is 16.9. The molecule has 0 aliphatic heterocycles. The van der Waals surface area contributed by atoms with E-state index in [1.807, 2.05) is 36.4 Å². The van der Waals surface area contributed by atoms with Gasteiger partial charge in [-0.15, -0.1) is 0 Å². The minimum absolute atomic E-state index is 0.354. The highest BCUT2D eigenvalue weighted by Gasteiger charge is 2.11. The summed E-state index contributed by atoms with van der Waals surface area (Å²) in [6, 6.07) is 19.1. The summed E-state index contributed by atoms with van der Waals surface area (Å²) in [5.74, 6) is 0.605. The van der Waals surface area contributed by atoms with E-state index in [0.29, 0.717) is 16.6 Å². The first-order chi connectivity index (χ1) is 12.2. The van der Waals surface area contributed by atoms with Crippen LogP contribution in [0.15, 0.2) is 60.7 Å². The lowest BCUT2D eigenvalue weighted by Gasteiger charge is -2.09. The van der Waals surface area contributed by atoms with Crippen LogP contribution >= 0.6 is 11.3 Å². The molecule has 0 aliphatic carbocycles. The maximum Gasteiger partial charge on any atom is 0.325 e. The van der Waals surface area contributed by atoms with Crippen LogP contribution in [0, 0.1) is 0 Å². The topological polar surface area (TPSA) is 63.2 Å². The standard InChI is InChI=1S/C19H15N3O2S/c1-24-15-9-5-4-8-14(15)20-18(23)22-19-21-17-13-7-3-2-6-12(13)10-11-16(17)25-19/h2-11H,1H3,(H2,20,21,22,23). The summed E-state index contributed by atoms with van der Waals surface area (Å²) in [6.45, 7) is 0. The third-order valence-corrected chi connectivity index (χ3v) is 4.80. The summed E-state index contributed by atoms with van der Waals surface area (Å²) in [6.07, 6.45) is 0. The first kappa shape index (κ1) is 15.4. The highest BCUT2D eigenvalue weighted by atomic mass is 32.1. The molecule has 1 aromatic heterocycles. The molecule has 0 spiro atoms. The van der Waals surface area contributed by atoms with Crippen LogP contribution in [0.25, 0.3) is 21.0 Å². The largest absolute Gasteiger partial charge is 0.495 e. The number of benzene rings is 3. The Morgan fingerprint density at radius 1 is 1.00 bits per heavy atom. The zero-order valence-electron chi connectivity index (χ0n) is 13.4. The molecule has 1 heterocycles. The van der Waals surface area contributed by atoms with Gasteiger partial charge in [-0.2, -0.15) is 0 Å². The Labute approximate surface area is 148 Å². The van der Waals surface area contributed by atoms with E-state index < -0.39 is 0 Å². The number of thiazole rings is 1. The molecule has 3 aromatic carbocycles. The van der Waals surface area contributed by atoms with Crippen LogP contribution in [-0.4, -0.2) is 18.1 Å². The van der Waals surface area contributed by atoms with E-state index in [-0.39, 0.29) is 6.03 Å². The van der Waals surface area contributed by atoms with Crippen molar-refractivity contribution in [3.8, 4) is 5.75 Å². The van der Waals surface area contributed by atoms with E-state index in [4.69, 9.17) is 4.74 Å². The Bertz CT molecular complexity index is 1070. The van der Waals surface area contributed by atoms with E-state index in [9.17, 15) is 4.79 Å². The minimum atomic E-state index is -0.354. The third-order valence-electron chi connectivity index (χ3n) is 3.86. The van der Waals surface area contributed by atoms with Crippen molar-refractivity contribution in [2.75, 3.05) is 17.7 Å². The molecule has 0 saturated carbocycles. The number of carbonyl (C=O) groups is 1. The van der Waals surface area contributed by atoms with Crippen molar-refractivity contribution in [2.24, 2.45) is 0 Å². The summed E-state index contributed by atoms with van der Waals surface area (Å²) in [5.41, 5.74) is 1.50. The van der Waals surface area contributed by atoms with Crippen LogP contribution < -0.4 is 15.4 Å². The lowest BCUT2D eigenvalue weighted by atomic mass is 10.1. The molecule has 124 valence electrons. The normalized spacial score (nSPS) is 10.8. The van der Waals surface area contributed by atoms with Crippen molar-refractivity contribution < 1.29 is 9.53 Å². The maximum absolute atomic E-state index is 12.3. The molecule has 25 heavy (non-hydrogen) atoms. The van der Waals surface area contributed by atoms with E-state index >= 15 is 0 Å². The van der Waals surface area contributed by atoms with E-state index in [0.717, 1.165) is 21.0 Å². The van der Waals surface area contributed by atoms with Crippen molar-refractivity contribution in [3.63, 3.8) is 0 Å². The monoisotopic (exact) mass is 349 g/mol. The van der Waals surface area contributed by atoms with Crippen LogP contribution in [0.2, 0.25) is 0 Å². The van der Waals surface area contributed by atoms with Crippen LogP contribution in [0.5, 0.6) is 5.75 Å². The molecule has 0 aliphatic rings. The Morgan fingerprint density at radius 3 is 2.68 bits per heavy atom. The number of fused-ring (bicyclic) bond motifs is 3. The average molecular weight is 349 g/mol. The summed E-state index contributed by atoms with van der Waals surface area (Å²) >= 11 is 1.45. The number of rotatable bonds is 3. The first-order valence-electron chi connectivity index (χ1n) is 7.74. The molecule has 6 heteroatoms. The number of methoxy groups -OCH3 is 1. The number of aromatic nitrogens is 1. The van der Waals surface area contributed by atoms with Gasteiger partial charge in [-0.25, -0.2) is 9.78 Å². The van der Waals surface area contributed by atoms with Crippen molar-refractivity contribution >= 4 is 49.2 Å². The molecule has 0 fully saturated rings. The van der Waals surface area contributed by atoms with Gasteiger partial charge in [0.2, 0.25) is 0 Å². The fraction of sp³-hybridized carbons (Fsp3) is 0.0526. The Balaban J connectivity index is 1.60. The Kier molecular flexibility index (Phi) is 3.95. The fourth-order valence-electron chi connectivity index (χ4n) is 2.71. The minimum Gasteiger partial charge on any atom is -0.495 e. The highest BCUT2D eigenvalue weighted by molar-refractivity contribution is 7.22. The molecule has 5 nitrogen and oxygen atoms in total. The number of urea groups is 1. The maximum atomic E-state index is 12.3. The van der Waals surface area contributed by atoms with Crippen LogP contribution in [-0.2, 0) is 0 Å². The van der Waals surface area contributed by atoms with Gasteiger partial charge in [0.25, 0.3) is 0 Å². The number of nitrogens with zero attached hydrogens (tertiary/aromatic N) is 1. The third kappa shape index (κ3) is 2.99. The number of para-hydroxylation sites is 2. The molecule has 4 rings (SSSR count). The lowest BCUT2D eigenvalue weighted by Crippen LogP contribution is -2.19. The molecule has 0 atom stereocenters. The second-order valence-corrected chi connectivity index (χ2v) is 6.46. The van der Waals surface area contributed by atoms with Gasteiger partial charge in [-0.1, -0.05) is 53.8 Å². The number of anilines is 2.